The van der Waals surface area contributed by atoms with Gasteiger partial charge in [0.25, 0.3) is 0 Å². The molecule has 1 heterocycles. The summed E-state index contributed by atoms with van der Waals surface area (Å²) in [5.41, 5.74) is 5.64. The number of nitrogens with zero attached hydrogens (tertiary/aromatic N) is 3. The van der Waals surface area contributed by atoms with Crippen molar-refractivity contribution in [3.8, 4) is 0 Å². The lowest BCUT2D eigenvalue weighted by Gasteiger charge is -2.30. The Hall–Kier alpha value is -1.14. The van der Waals surface area contributed by atoms with Gasteiger partial charge >= 0.3 is 0 Å². The fourth-order valence-electron chi connectivity index (χ4n) is 3.20. The molecular formula is C15H28N4O2. The Morgan fingerprint density at radius 1 is 1.05 bits per heavy atom. The molecule has 0 aromatic carbocycles. The Kier molecular flexibility index (Phi) is 5.22. The van der Waals surface area contributed by atoms with Crippen LogP contribution in [-0.2, 0) is 9.59 Å². The van der Waals surface area contributed by atoms with Gasteiger partial charge < -0.3 is 15.5 Å². The predicted molar refractivity (Wildman–Crippen MR) is 81.7 cm³/mol. The van der Waals surface area contributed by atoms with Crippen LogP contribution in [0.15, 0.2) is 0 Å². The highest BCUT2D eigenvalue weighted by Gasteiger charge is 2.40. The van der Waals surface area contributed by atoms with E-state index in [1.807, 2.05) is 4.90 Å². The summed E-state index contributed by atoms with van der Waals surface area (Å²) in [7, 11) is 3.54. The van der Waals surface area contributed by atoms with Gasteiger partial charge in [0.15, 0.2) is 0 Å². The molecule has 2 aliphatic rings. The number of hydrogen-bond donors (Lipinski definition) is 1. The van der Waals surface area contributed by atoms with E-state index in [2.05, 4.69) is 4.90 Å². The number of carbonyl (C=O) groups excluding carboxylic acids is 2. The average molecular weight is 296 g/mol. The van der Waals surface area contributed by atoms with Crippen molar-refractivity contribution in [3.05, 3.63) is 0 Å². The summed E-state index contributed by atoms with van der Waals surface area (Å²) in [6.07, 6.45) is 4.64. The minimum Gasteiger partial charge on any atom is -0.348 e. The Labute approximate surface area is 127 Å². The van der Waals surface area contributed by atoms with Crippen LogP contribution in [0.4, 0.5) is 0 Å². The van der Waals surface area contributed by atoms with Gasteiger partial charge in [-0.2, -0.15) is 0 Å². The van der Waals surface area contributed by atoms with Crippen molar-refractivity contribution >= 4 is 11.8 Å². The van der Waals surface area contributed by atoms with Crippen LogP contribution in [0.3, 0.4) is 0 Å². The maximum absolute atomic E-state index is 12.6. The van der Waals surface area contributed by atoms with Crippen LogP contribution in [0.2, 0.25) is 0 Å². The van der Waals surface area contributed by atoms with Crippen LogP contribution < -0.4 is 5.73 Å². The minimum absolute atomic E-state index is 0.112. The van der Waals surface area contributed by atoms with Crippen molar-refractivity contribution in [1.29, 1.82) is 0 Å². The highest BCUT2D eigenvalue weighted by atomic mass is 16.2. The zero-order chi connectivity index (χ0) is 15.5. The molecule has 0 aromatic heterocycles. The molecule has 0 spiro atoms. The van der Waals surface area contributed by atoms with Crippen molar-refractivity contribution in [3.63, 3.8) is 0 Å². The maximum atomic E-state index is 12.6. The van der Waals surface area contributed by atoms with E-state index in [9.17, 15) is 9.59 Å². The summed E-state index contributed by atoms with van der Waals surface area (Å²) >= 11 is 0. The largest absolute Gasteiger partial charge is 0.348 e. The number of carbonyl (C=O) groups is 2. The van der Waals surface area contributed by atoms with Crippen molar-refractivity contribution in [2.45, 2.75) is 37.6 Å². The second-order valence-electron chi connectivity index (χ2n) is 6.57. The SMILES string of the molecule is CN(C)C(=O)CN1CCCN(C(=O)C2(N)CCCC2)CC1. The first-order valence-corrected chi connectivity index (χ1v) is 7.93. The third kappa shape index (κ3) is 3.95. The summed E-state index contributed by atoms with van der Waals surface area (Å²) in [5, 5.41) is 0. The van der Waals surface area contributed by atoms with E-state index in [1.54, 1.807) is 19.0 Å². The average Bonchev–Trinajstić information content (AvgIpc) is 2.76. The van der Waals surface area contributed by atoms with Crippen LogP contribution in [-0.4, -0.2) is 78.9 Å². The summed E-state index contributed by atoms with van der Waals surface area (Å²) in [6, 6.07) is 0. The second-order valence-corrected chi connectivity index (χ2v) is 6.57. The molecule has 0 atom stereocenters. The molecule has 1 saturated carbocycles. The molecule has 0 unspecified atom stereocenters. The monoisotopic (exact) mass is 296 g/mol. The molecular weight excluding hydrogens is 268 g/mol. The summed E-state index contributed by atoms with van der Waals surface area (Å²) < 4.78 is 0. The van der Waals surface area contributed by atoms with Gasteiger partial charge in [0.1, 0.15) is 0 Å². The van der Waals surface area contributed by atoms with Crippen LogP contribution in [0.1, 0.15) is 32.1 Å². The standard InChI is InChI=1S/C15H28N4O2/c1-17(2)13(20)12-18-8-5-9-19(11-10-18)14(21)15(16)6-3-4-7-15/h3-12,16H2,1-2H3. The number of hydrogen-bond acceptors (Lipinski definition) is 4. The number of nitrogens with two attached hydrogens (primary N) is 1. The van der Waals surface area contributed by atoms with E-state index < -0.39 is 5.54 Å². The van der Waals surface area contributed by atoms with Gasteiger partial charge in [0.05, 0.1) is 12.1 Å². The summed E-state index contributed by atoms with van der Waals surface area (Å²) in [4.78, 5) is 30.1. The van der Waals surface area contributed by atoms with E-state index in [1.165, 1.54) is 0 Å². The third-order valence-corrected chi connectivity index (χ3v) is 4.66. The molecule has 2 N–H and O–H groups in total. The van der Waals surface area contributed by atoms with Crippen LogP contribution in [0, 0.1) is 0 Å². The normalized spacial score (nSPS) is 22.9. The Balaban J connectivity index is 1.88. The van der Waals surface area contributed by atoms with Gasteiger partial charge in [-0.05, 0) is 19.3 Å². The first-order valence-electron chi connectivity index (χ1n) is 7.93. The van der Waals surface area contributed by atoms with Gasteiger partial charge in [0.2, 0.25) is 11.8 Å². The number of rotatable bonds is 3. The van der Waals surface area contributed by atoms with E-state index in [0.717, 1.165) is 51.7 Å². The Morgan fingerprint density at radius 3 is 2.33 bits per heavy atom. The first kappa shape index (κ1) is 16.2. The molecule has 1 aliphatic heterocycles. The van der Waals surface area contributed by atoms with E-state index in [-0.39, 0.29) is 11.8 Å². The lowest BCUT2D eigenvalue weighted by molar-refractivity contribution is -0.136. The van der Waals surface area contributed by atoms with Gasteiger partial charge in [-0.1, -0.05) is 12.8 Å². The van der Waals surface area contributed by atoms with Crippen LogP contribution >= 0.6 is 0 Å². The molecule has 6 nitrogen and oxygen atoms in total. The van der Waals surface area contributed by atoms with Crippen LogP contribution in [0.25, 0.3) is 0 Å². The number of likely N-dealkylation sites (N-methyl/N-ethyl adjacent to an activating group) is 1. The first-order chi connectivity index (χ1) is 9.92. The maximum Gasteiger partial charge on any atom is 0.242 e. The lowest BCUT2D eigenvalue weighted by atomic mass is 9.97. The molecule has 0 bridgehead atoms. The highest BCUT2D eigenvalue weighted by molar-refractivity contribution is 5.86. The molecule has 0 aromatic rings. The van der Waals surface area contributed by atoms with Gasteiger partial charge in [-0.15, -0.1) is 0 Å². The molecule has 120 valence electrons. The van der Waals surface area contributed by atoms with E-state index in [0.29, 0.717) is 13.1 Å². The molecule has 0 radical (unpaired) electrons. The molecule has 2 rings (SSSR count). The predicted octanol–water partition coefficient (Wildman–Crippen LogP) is -0.120. The zero-order valence-corrected chi connectivity index (χ0v) is 13.3. The van der Waals surface area contributed by atoms with Crippen molar-refractivity contribution < 1.29 is 9.59 Å². The fourth-order valence-corrected chi connectivity index (χ4v) is 3.20. The lowest BCUT2D eigenvalue weighted by Crippen LogP contribution is -2.54. The smallest absolute Gasteiger partial charge is 0.242 e. The van der Waals surface area contributed by atoms with Crippen molar-refractivity contribution in [2.75, 3.05) is 46.8 Å². The molecule has 2 amide bonds. The molecule has 2 fully saturated rings. The van der Waals surface area contributed by atoms with Gasteiger partial charge in [0, 0.05) is 40.3 Å². The molecule has 6 heteroatoms. The van der Waals surface area contributed by atoms with E-state index >= 15 is 0 Å². The minimum atomic E-state index is -0.630. The quantitative estimate of drug-likeness (QED) is 0.788. The van der Waals surface area contributed by atoms with Crippen molar-refractivity contribution in [1.82, 2.24) is 14.7 Å². The van der Waals surface area contributed by atoms with E-state index in [4.69, 9.17) is 5.73 Å². The Morgan fingerprint density at radius 2 is 1.71 bits per heavy atom. The summed E-state index contributed by atoms with van der Waals surface area (Å²) in [6.45, 7) is 3.48. The Bertz CT molecular complexity index is 391. The summed E-state index contributed by atoms with van der Waals surface area (Å²) in [5.74, 6) is 0.224. The van der Waals surface area contributed by atoms with Gasteiger partial charge in [-0.25, -0.2) is 0 Å². The topological polar surface area (TPSA) is 69.9 Å². The molecule has 21 heavy (non-hydrogen) atoms. The van der Waals surface area contributed by atoms with Crippen molar-refractivity contribution in [2.24, 2.45) is 5.73 Å². The fraction of sp³-hybridized carbons (Fsp3) is 0.867. The molecule has 1 aliphatic carbocycles. The highest BCUT2D eigenvalue weighted by Crippen LogP contribution is 2.29. The zero-order valence-electron chi connectivity index (χ0n) is 13.3. The van der Waals surface area contributed by atoms with Gasteiger partial charge in [-0.3, -0.25) is 14.5 Å². The molecule has 1 saturated heterocycles. The second kappa shape index (κ2) is 6.75. The third-order valence-electron chi connectivity index (χ3n) is 4.66. The number of amides is 2. The van der Waals surface area contributed by atoms with Crippen LogP contribution in [0.5, 0.6) is 0 Å².